The number of hydrogen-bond acceptors (Lipinski definition) is 2. The number of benzene rings is 1. The third-order valence-corrected chi connectivity index (χ3v) is 5.60. The number of pyridine rings is 1. The zero-order valence-corrected chi connectivity index (χ0v) is 15.8. The highest BCUT2D eigenvalue weighted by molar-refractivity contribution is 6.31. The quantitative estimate of drug-likeness (QED) is 0.675. The number of likely N-dealkylation sites (N-methyl/N-ethyl adjacent to an activating group) is 1. The molecule has 0 saturated carbocycles. The molecule has 25 heavy (non-hydrogen) atoms. The SMILES string of the molecule is Cc1ccc([C@H](C)Cn2c3c(c4cc(Cl)ccc42)CN(C)CC3)cn1. The van der Waals surface area contributed by atoms with Crippen LogP contribution in [0.4, 0.5) is 0 Å². The van der Waals surface area contributed by atoms with Crippen molar-refractivity contribution >= 4 is 22.5 Å². The lowest BCUT2D eigenvalue weighted by molar-refractivity contribution is 0.308. The molecule has 1 atom stereocenters. The van der Waals surface area contributed by atoms with Crippen molar-refractivity contribution in [2.24, 2.45) is 0 Å². The molecule has 0 radical (unpaired) electrons. The van der Waals surface area contributed by atoms with Gasteiger partial charge in [0.25, 0.3) is 0 Å². The second kappa shape index (κ2) is 6.47. The molecule has 0 N–H and O–H groups in total. The van der Waals surface area contributed by atoms with E-state index < -0.39 is 0 Å². The van der Waals surface area contributed by atoms with E-state index in [4.69, 9.17) is 11.6 Å². The molecule has 0 saturated heterocycles. The smallest absolute Gasteiger partial charge is 0.0487 e. The zero-order valence-electron chi connectivity index (χ0n) is 15.1. The minimum Gasteiger partial charge on any atom is -0.344 e. The predicted octanol–water partition coefficient (Wildman–Crippen LogP) is 4.79. The van der Waals surface area contributed by atoms with E-state index in [1.807, 2.05) is 19.2 Å². The highest BCUT2D eigenvalue weighted by atomic mass is 35.5. The van der Waals surface area contributed by atoms with Crippen LogP contribution in [-0.2, 0) is 19.5 Å². The van der Waals surface area contributed by atoms with Crippen molar-refractivity contribution in [1.29, 1.82) is 0 Å². The molecule has 2 aromatic heterocycles. The van der Waals surface area contributed by atoms with Crippen LogP contribution in [0.2, 0.25) is 5.02 Å². The Morgan fingerprint density at radius 1 is 1.24 bits per heavy atom. The molecule has 0 unspecified atom stereocenters. The van der Waals surface area contributed by atoms with Crippen LogP contribution in [0.5, 0.6) is 0 Å². The molecule has 0 bridgehead atoms. The zero-order chi connectivity index (χ0) is 17.6. The Kier molecular flexibility index (Phi) is 4.30. The fourth-order valence-electron chi connectivity index (χ4n) is 3.92. The van der Waals surface area contributed by atoms with Gasteiger partial charge in [-0.3, -0.25) is 4.98 Å². The van der Waals surface area contributed by atoms with E-state index in [0.717, 1.165) is 36.8 Å². The first-order valence-corrected chi connectivity index (χ1v) is 9.31. The number of nitrogens with zero attached hydrogens (tertiary/aromatic N) is 3. The van der Waals surface area contributed by atoms with Gasteiger partial charge in [-0.25, -0.2) is 0 Å². The number of halogens is 1. The Balaban J connectivity index is 1.77. The minimum absolute atomic E-state index is 0.420. The maximum atomic E-state index is 6.29. The van der Waals surface area contributed by atoms with Gasteiger partial charge in [0.1, 0.15) is 0 Å². The number of fused-ring (bicyclic) bond motifs is 3. The number of hydrogen-bond donors (Lipinski definition) is 0. The van der Waals surface area contributed by atoms with Crippen molar-refractivity contribution in [2.75, 3.05) is 13.6 Å². The van der Waals surface area contributed by atoms with Crippen molar-refractivity contribution in [3.63, 3.8) is 0 Å². The van der Waals surface area contributed by atoms with Crippen LogP contribution in [0.1, 0.15) is 35.4 Å². The van der Waals surface area contributed by atoms with Crippen molar-refractivity contribution in [2.45, 2.75) is 39.3 Å². The molecule has 0 amide bonds. The molecule has 1 aliphatic heterocycles. The maximum Gasteiger partial charge on any atom is 0.0487 e. The maximum absolute atomic E-state index is 6.29. The summed E-state index contributed by atoms with van der Waals surface area (Å²) in [6.07, 6.45) is 3.11. The molecule has 4 rings (SSSR count). The second-order valence-electron chi connectivity index (χ2n) is 7.32. The van der Waals surface area contributed by atoms with Gasteiger partial charge in [0.15, 0.2) is 0 Å². The second-order valence-corrected chi connectivity index (χ2v) is 7.76. The molecule has 0 fully saturated rings. The molecule has 0 aliphatic carbocycles. The van der Waals surface area contributed by atoms with E-state index in [0.29, 0.717) is 5.92 Å². The predicted molar refractivity (Wildman–Crippen MR) is 104 cm³/mol. The Bertz CT molecular complexity index is 911. The van der Waals surface area contributed by atoms with Gasteiger partial charge < -0.3 is 9.47 Å². The topological polar surface area (TPSA) is 21.1 Å². The van der Waals surface area contributed by atoms with E-state index in [-0.39, 0.29) is 0 Å². The summed E-state index contributed by atoms with van der Waals surface area (Å²) in [5, 5.41) is 2.12. The minimum atomic E-state index is 0.420. The van der Waals surface area contributed by atoms with Crippen LogP contribution in [-0.4, -0.2) is 28.0 Å². The lowest BCUT2D eigenvalue weighted by Gasteiger charge is -2.25. The Hall–Kier alpha value is -1.84. The van der Waals surface area contributed by atoms with E-state index in [1.54, 1.807) is 0 Å². The third kappa shape index (κ3) is 3.07. The van der Waals surface area contributed by atoms with Gasteiger partial charge in [0.05, 0.1) is 0 Å². The Morgan fingerprint density at radius 3 is 2.84 bits per heavy atom. The van der Waals surface area contributed by atoms with Crippen molar-refractivity contribution < 1.29 is 0 Å². The summed E-state index contributed by atoms with van der Waals surface area (Å²) in [7, 11) is 2.19. The molecule has 3 nitrogen and oxygen atoms in total. The molecular formula is C21H24ClN3. The summed E-state index contributed by atoms with van der Waals surface area (Å²) in [6.45, 7) is 7.40. The van der Waals surface area contributed by atoms with Gasteiger partial charge >= 0.3 is 0 Å². The third-order valence-electron chi connectivity index (χ3n) is 5.37. The van der Waals surface area contributed by atoms with E-state index in [9.17, 15) is 0 Å². The van der Waals surface area contributed by atoms with Crippen LogP contribution < -0.4 is 0 Å². The van der Waals surface area contributed by atoms with Crippen LogP contribution >= 0.6 is 11.6 Å². The standard InChI is InChI=1S/C21H24ClN3/c1-14(16-5-4-15(2)23-11-16)12-25-20-7-6-17(22)10-18(20)19-13-24(3)9-8-21(19)25/h4-7,10-11,14H,8-9,12-13H2,1-3H3/t14-/m1/s1. The van der Waals surface area contributed by atoms with Gasteiger partial charge in [0.2, 0.25) is 0 Å². The van der Waals surface area contributed by atoms with Crippen molar-refractivity contribution in [3.05, 3.63) is 64.1 Å². The molecule has 3 heterocycles. The highest BCUT2D eigenvalue weighted by Gasteiger charge is 2.23. The average molecular weight is 354 g/mol. The summed E-state index contributed by atoms with van der Waals surface area (Å²) in [5.41, 5.74) is 6.58. The number of aryl methyl sites for hydroxylation is 1. The summed E-state index contributed by atoms with van der Waals surface area (Å²) < 4.78 is 2.51. The van der Waals surface area contributed by atoms with Gasteiger partial charge in [-0.05, 0) is 49.4 Å². The highest BCUT2D eigenvalue weighted by Crippen LogP contribution is 2.34. The van der Waals surface area contributed by atoms with E-state index in [1.165, 1.54) is 27.7 Å². The van der Waals surface area contributed by atoms with E-state index >= 15 is 0 Å². The van der Waals surface area contributed by atoms with Crippen LogP contribution in [0, 0.1) is 6.92 Å². The average Bonchev–Trinajstić information content (AvgIpc) is 2.88. The van der Waals surface area contributed by atoms with Gasteiger partial charge in [-0.1, -0.05) is 24.6 Å². The first-order chi connectivity index (χ1) is 12.0. The largest absolute Gasteiger partial charge is 0.344 e. The number of aromatic nitrogens is 2. The first-order valence-electron chi connectivity index (χ1n) is 8.93. The van der Waals surface area contributed by atoms with Crippen molar-refractivity contribution in [3.8, 4) is 0 Å². The summed E-state index contributed by atoms with van der Waals surface area (Å²) in [4.78, 5) is 6.86. The molecular weight excluding hydrogens is 330 g/mol. The van der Waals surface area contributed by atoms with Gasteiger partial charge in [0, 0.05) is 65.5 Å². The molecule has 130 valence electrons. The molecule has 1 aromatic carbocycles. The molecule has 0 spiro atoms. The summed E-state index contributed by atoms with van der Waals surface area (Å²) in [6, 6.07) is 10.6. The molecule has 1 aliphatic rings. The Labute approximate surface area is 154 Å². The number of rotatable bonds is 3. The van der Waals surface area contributed by atoms with Crippen LogP contribution in [0.25, 0.3) is 10.9 Å². The summed E-state index contributed by atoms with van der Waals surface area (Å²) in [5.74, 6) is 0.420. The molecule has 3 aromatic rings. The van der Waals surface area contributed by atoms with Crippen LogP contribution in [0.15, 0.2) is 36.5 Å². The van der Waals surface area contributed by atoms with Gasteiger partial charge in [-0.15, -0.1) is 0 Å². The fraction of sp³-hybridized carbons (Fsp3) is 0.381. The molecule has 4 heteroatoms. The van der Waals surface area contributed by atoms with E-state index in [2.05, 4.69) is 52.7 Å². The van der Waals surface area contributed by atoms with Crippen LogP contribution in [0.3, 0.4) is 0 Å². The monoisotopic (exact) mass is 353 g/mol. The lowest BCUT2D eigenvalue weighted by atomic mass is 10.0. The van der Waals surface area contributed by atoms with Crippen molar-refractivity contribution in [1.82, 2.24) is 14.5 Å². The summed E-state index contributed by atoms with van der Waals surface area (Å²) >= 11 is 6.29. The fourth-order valence-corrected chi connectivity index (χ4v) is 4.09. The normalized spacial score (nSPS) is 16.2. The first kappa shape index (κ1) is 16.6. The Morgan fingerprint density at radius 2 is 2.08 bits per heavy atom. The lowest BCUT2D eigenvalue weighted by Crippen LogP contribution is -2.27. The van der Waals surface area contributed by atoms with Gasteiger partial charge in [-0.2, -0.15) is 0 Å².